The van der Waals surface area contributed by atoms with E-state index in [4.69, 9.17) is 16.6 Å². The lowest BCUT2D eigenvalue weighted by Crippen LogP contribution is -2.52. The van der Waals surface area contributed by atoms with Crippen LogP contribution in [0.1, 0.15) is 18.4 Å². The van der Waals surface area contributed by atoms with Crippen molar-refractivity contribution in [2.45, 2.75) is 24.0 Å². The molecule has 11 heteroatoms. The van der Waals surface area contributed by atoms with Crippen LogP contribution in [0.3, 0.4) is 0 Å². The van der Waals surface area contributed by atoms with Gasteiger partial charge in [-0.25, -0.2) is 13.4 Å². The minimum absolute atomic E-state index is 0.112. The van der Waals surface area contributed by atoms with Crippen molar-refractivity contribution in [3.05, 3.63) is 40.2 Å². The third-order valence-electron chi connectivity index (χ3n) is 6.49. The minimum atomic E-state index is -3.44. The Labute approximate surface area is 206 Å². The van der Waals surface area contributed by atoms with Gasteiger partial charge < -0.3 is 9.80 Å². The number of benzene rings is 1. The van der Waals surface area contributed by atoms with E-state index < -0.39 is 10.0 Å². The summed E-state index contributed by atoms with van der Waals surface area (Å²) in [6, 6.07) is 7.31. The Morgan fingerprint density at radius 3 is 2.48 bits per heavy atom. The molecule has 2 aliphatic rings. The molecule has 5 rings (SSSR count). The van der Waals surface area contributed by atoms with Crippen LogP contribution in [0.2, 0.25) is 5.02 Å². The highest BCUT2D eigenvalue weighted by molar-refractivity contribution is 7.91. The Hall–Kier alpha value is -1.72. The Balaban J connectivity index is 1.17. The number of sulfonamides is 1. The van der Waals surface area contributed by atoms with Crippen LogP contribution >= 0.6 is 34.3 Å². The molecule has 7 nitrogen and oxygen atoms in total. The molecule has 0 N–H and O–H groups in total. The van der Waals surface area contributed by atoms with Gasteiger partial charge in [0, 0.05) is 50.2 Å². The molecule has 1 amide bonds. The molecular formula is C22H25ClN4O3S3. The van der Waals surface area contributed by atoms with Gasteiger partial charge in [0.05, 0.1) is 10.2 Å². The van der Waals surface area contributed by atoms with Crippen LogP contribution in [0, 0.1) is 12.8 Å². The third-order valence-corrected chi connectivity index (χ3v) is 11.3. The number of anilines is 1. The number of carbonyl (C=O) groups excluding carboxylic acids is 1. The first-order valence-electron chi connectivity index (χ1n) is 11.0. The van der Waals surface area contributed by atoms with Crippen molar-refractivity contribution in [2.24, 2.45) is 5.92 Å². The zero-order valence-corrected chi connectivity index (χ0v) is 21.4. The van der Waals surface area contributed by atoms with Gasteiger partial charge in [0.2, 0.25) is 5.91 Å². The molecule has 1 aromatic carbocycles. The number of thiazole rings is 1. The molecular weight excluding hydrogens is 500 g/mol. The van der Waals surface area contributed by atoms with Gasteiger partial charge in [0.1, 0.15) is 4.21 Å². The largest absolute Gasteiger partial charge is 0.345 e. The number of fused-ring (bicyclic) bond motifs is 1. The summed E-state index contributed by atoms with van der Waals surface area (Å²) in [5.41, 5.74) is 1.95. The minimum Gasteiger partial charge on any atom is -0.345 e. The molecule has 0 unspecified atom stereocenters. The summed E-state index contributed by atoms with van der Waals surface area (Å²) >= 11 is 9.13. The zero-order chi connectivity index (χ0) is 23.2. The maximum absolute atomic E-state index is 13.1. The van der Waals surface area contributed by atoms with Gasteiger partial charge in [-0.2, -0.15) is 4.31 Å². The van der Waals surface area contributed by atoms with E-state index in [2.05, 4.69) is 4.90 Å². The van der Waals surface area contributed by atoms with Crippen molar-refractivity contribution in [3.63, 3.8) is 0 Å². The fourth-order valence-electron chi connectivity index (χ4n) is 4.48. The molecule has 0 saturated carbocycles. The van der Waals surface area contributed by atoms with E-state index >= 15 is 0 Å². The van der Waals surface area contributed by atoms with E-state index in [9.17, 15) is 13.2 Å². The van der Waals surface area contributed by atoms with Gasteiger partial charge in [-0.15, -0.1) is 11.3 Å². The third kappa shape index (κ3) is 4.39. The van der Waals surface area contributed by atoms with Crippen molar-refractivity contribution in [1.82, 2.24) is 14.2 Å². The number of halogens is 1. The predicted molar refractivity (Wildman–Crippen MR) is 134 cm³/mol. The van der Waals surface area contributed by atoms with Crippen LogP contribution in [0.25, 0.3) is 10.2 Å². The predicted octanol–water partition coefficient (Wildman–Crippen LogP) is 4.07. The highest BCUT2D eigenvalue weighted by Gasteiger charge is 2.35. The number of rotatable bonds is 4. The molecule has 0 spiro atoms. The van der Waals surface area contributed by atoms with Crippen molar-refractivity contribution < 1.29 is 13.2 Å². The molecule has 3 aromatic rings. The highest BCUT2D eigenvalue weighted by atomic mass is 35.5. The van der Waals surface area contributed by atoms with E-state index in [1.165, 1.54) is 15.6 Å². The van der Waals surface area contributed by atoms with Gasteiger partial charge in [0.15, 0.2) is 5.13 Å². The number of aryl methyl sites for hydroxylation is 1. The molecule has 2 aromatic heterocycles. The first-order chi connectivity index (χ1) is 15.8. The lowest BCUT2D eigenvalue weighted by Gasteiger charge is -2.38. The Kier molecular flexibility index (Phi) is 6.39. The maximum atomic E-state index is 13.1. The number of carbonyl (C=O) groups is 1. The van der Waals surface area contributed by atoms with Gasteiger partial charge in [-0.3, -0.25) is 4.79 Å². The van der Waals surface area contributed by atoms with E-state index in [-0.39, 0.29) is 11.8 Å². The average Bonchev–Trinajstić information content (AvgIpc) is 3.52. The van der Waals surface area contributed by atoms with E-state index in [1.807, 2.05) is 24.0 Å². The smallest absolute Gasteiger partial charge is 0.252 e. The summed E-state index contributed by atoms with van der Waals surface area (Å²) in [6.45, 7) is 5.56. The van der Waals surface area contributed by atoms with Crippen molar-refractivity contribution in [2.75, 3.05) is 44.2 Å². The summed E-state index contributed by atoms with van der Waals surface area (Å²) in [5.74, 6) is 0.0355. The molecule has 2 aliphatic heterocycles. The van der Waals surface area contributed by atoms with Crippen LogP contribution in [-0.4, -0.2) is 67.8 Å². The van der Waals surface area contributed by atoms with Gasteiger partial charge in [0.25, 0.3) is 10.0 Å². The fourth-order valence-corrected chi connectivity index (χ4v) is 8.32. The van der Waals surface area contributed by atoms with Crippen molar-refractivity contribution in [3.8, 4) is 0 Å². The molecule has 4 heterocycles. The topological polar surface area (TPSA) is 73.8 Å². The fraction of sp³-hybridized carbons (Fsp3) is 0.455. The van der Waals surface area contributed by atoms with Crippen LogP contribution < -0.4 is 4.90 Å². The number of thiophene rings is 1. The normalized spacial score (nSPS) is 18.8. The van der Waals surface area contributed by atoms with Crippen LogP contribution in [0.5, 0.6) is 0 Å². The second-order valence-corrected chi connectivity index (χ2v) is 13.0. The first-order valence-corrected chi connectivity index (χ1v) is 14.5. The van der Waals surface area contributed by atoms with Crippen molar-refractivity contribution in [1.29, 1.82) is 0 Å². The number of piperazine rings is 1. The standard InChI is InChI=1S/C22H25ClN4O3S3/c1-15-17(23)4-5-18-20(15)24-22(32-18)26-12-10-25(11-13-26)21(28)16-6-8-27(9-7-16)33(29,30)19-3-2-14-31-19/h2-5,14,16H,6-13H2,1H3. The quantitative estimate of drug-likeness (QED) is 0.514. The molecule has 2 fully saturated rings. The van der Waals surface area contributed by atoms with Gasteiger partial charge in [-0.1, -0.05) is 29.0 Å². The summed E-state index contributed by atoms with van der Waals surface area (Å²) < 4.78 is 28.5. The lowest BCUT2D eigenvalue weighted by atomic mass is 9.96. The Bertz CT molecular complexity index is 1260. The molecule has 0 radical (unpaired) electrons. The van der Waals surface area contributed by atoms with Crippen LogP contribution in [0.4, 0.5) is 5.13 Å². The number of nitrogens with zero attached hydrogens (tertiary/aromatic N) is 4. The summed E-state index contributed by atoms with van der Waals surface area (Å²) in [5, 5.41) is 3.46. The second-order valence-electron chi connectivity index (χ2n) is 8.44. The molecule has 0 bridgehead atoms. The number of hydrogen-bond acceptors (Lipinski definition) is 7. The van der Waals surface area contributed by atoms with E-state index in [0.717, 1.165) is 39.0 Å². The van der Waals surface area contributed by atoms with Gasteiger partial charge in [-0.05, 0) is 48.9 Å². The number of hydrogen-bond donors (Lipinski definition) is 0. The summed E-state index contributed by atoms with van der Waals surface area (Å²) in [4.78, 5) is 22.1. The number of piperidine rings is 1. The van der Waals surface area contributed by atoms with Crippen LogP contribution in [0.15, 0.2) is 33.9 Å². The van der Waals surface area contributed by atoms with E-state index in [1.54, 1.807) is 28.8 Å². The Morgan fingerprint density at radius 2 is 1.82 bits per heavy atom. The molecule has 33 heavy (non-hydrogen) atoms. The molecule has 2 saturated heterocycles. The molecule has 176 valence electrons. The summed E-state index contributed by atoms with van der Waals surface area (Å²) in [6.07, 6.45) is 1.14. The second kappa shape index (κ2) is 9.14. The van der Waals surface area contributed by atoms with Crippen molar-refractivity contribution >= 4 is 65.6 Å². The maximum Gasteiger partial charge on any atom is 0.252 e. The lowest BCUT2D eigenvalue weighted by molar-refractivity contribution is -0.137. The Morgan fingerprint density at radius 1 is 1.09 bits per heavy atom. The molecule has 0 aliphatic carbocycles. The number of aromatic nitrogens is 1. The van der Waals surface area contributed by atoms with Gasteiger partial charge >= 0.3 is 0 Å². The SMILES string of the molecule is Cc1c(Cl)ccc2sc(N3CCN(C(=O)C4CCN(S(=O)(=O)c5cccs5)CC4)CC3)nc12. The number of amides is 1. The highest BCUT2D eigenvalue weighted by Crippen LogP contribution is 2.34. The zero-order valence-electron chi connectivity index (χ0n) is 18.2. The van der Waals surface area contributed by atoms with E-state index in [0.29, 0.717) is 43.2 Å². The van der Waals surface area contributed by atoms with Crippen LogP contribution in [-0.2, 0) is 14.8 Å². The molecule has 0 atom stereocenters. The summed E-state index contributed by atoms with van der Waals surface area (Å²) in [7, 11) is -3.44. The average molecular weight is 525 g/mol. The monoisotopic (exact) mass is 524 g/mol. The first kappa shape index (κ1) is 23.0.